The van der Waals surface area contributed by atoms with Crippen LogP contribution >= 0.6 is 38.5 Å². The van der Waals surface area contributed by atoms with Gasteiger partial charge in [-0.2, -0.15) is 0 Å². The number of alkyl halides is 2. The molecule has 0 saturated heterocycles. The third-order valence-corrected chi connectivity index (χ3v) is 3.67. The van der Waals surface area contributed by atoms with Crippen LogP contribution in [0.3, 0.4) is 0 Å². The van der Waals surface area contributed by atoms with Gasteiger partial charge < -0.3 is 5.73 Å². The second kappa shape index (κ2) is 3.82. The largest absolute Gasteiger partial charge is 0.384 e. The van der Waals surface area contributed by atoms with Crippen molar-refractivity contribution in [3.05, 3.63) is 19.8 Å². The number of rotatable bonds is 1. The first-order chi connectivity index (χ1) is 5.52. The molecule has 0 amide bonds. The molecule has 66 valence electrons. The summed E-state index contributed by atoms with van der Waals surface area (Å²) in [5.41, 5.74) is 5.01. The lowest BCUT2D eigenvalue weighted by molar-refractivity contribution is 0.145. The van der Waals surface area contributed by atoms with Crippen molar-refractivity contribution < 1.29 is 8.78 Å². The van der Waals surface area contributed by atoms with Gasteiger partial charge in [-0.05, 0) is 44.6 Å². The average Bonchev–Trinajstić information content (AvgIpc) is 1.96. The van der Waals surface area contributed by atoms with Crippen LogP contribution in [0.15, 0.2) is 10.5 Å². The molecule has 0 radical (unpaired) electrons. The lowest BCUT2D eigenvalue weighted by Gasteiger charge is -2.04. The monoisotopic (exact) mass is 348 g/mol. The molecule has 0 atom stereocenters. The molecule has 0 fully saturated rings. The molecule has 12 heavy (non-hydrogen) atoms. The summed E-state index contributed by atoms with van der Waals surface area (Å²) in [5, 5.41) is 0. The van der Waals surface area contributed by atoms with E-state index in [1.54, 1.807) is 22.6 Å². The number of pyridine rings is 1. The van der Waals surface area contributed by atoms with Gasteiger partial charge in [-0.25, -0.2) is 13.8 Å². The maximum absolute atomic E-state index is 12.2. The SMILES string of the molecule is Nc1cc(Br)c(I)c(C(F)F)n1. The van der Waals surface area contributed by atoms with Gasteiger partial charge in [0.1, 0.15) is 11.5 Å². The van der Waals surface area contributed by atoms with Crippen LogP contribution in [-0.2, 0) is 0 Å². The molecule has 1 aromatic heterocycles. The first kappa shape index (κ1) is 10.1. The zero-order chi connectivity index (χ0) is 9.30. The molecule has 0 aromatic carbocycles. The Bertz CT molecular complexity index is 306. The van der Waals surface area contributed by atoms with Crippen LogP contribution in [0, 0.1) is 3.57 Å². The maximum Gasteiger partial charge on any atom is 0.281 e. The van der Waals surface area contributed by atoms with Gasteiger partial charge in [0.05, 0.1) is 3.57 Å². The Kier molecular flexibility index (Phi) is 3.22. The minimum Gasteiger partial charge on any atom is -0.384 e. The molecule has 0 unspecified atom stereocenters. The molecule has 2 N–H and O–H groups in total. The van der Waals surface area contributed by atoms with Gasteiger partial charge in [0, 0.05) is 4.47 Å². The number of anilines is 1. The van der Waals surface area contributed by atoms with Crippen LogP contribution in [0.2, 0.25) is 0 Å². The minimum atomic E-state index is -2.59. The van der Waals surface area contributed by atoms with Crippen molar-refractivity contribution in [3.8, 4) is 0 Å². The van der Waals surface area contributed by atoms with Gasteiger partial charge in [0.2, 0.25) is 0 Å². The zero-order valence-corrected chi connectivity index (χ0v) is 9.43. The molecule has 1 heterocycles. The summed E-state index contributed by atoms with van der Waals surface area (Å²) in [6.45, 7) is 0. The van der Waals surface area contributed by atoms with Crippen molar-refractivity contribution >= 4 is 44.3 Å². The molecule has 0 bridgehead atoms. The lowest BCUT2D eigenvalue weighted by atomic mass is 10.3. The topological polar surface area (TPSA) is 38.9 Å². The second-order valence-corrected chi connectivity index (χ2v) is 3.96. The van der Waals surface area contributed by atoms with Gasteiger partial charge in [0.25, 0.3) is 6.43 Å². The highest BCUT2D eigenvalue weighted by molar-refractivity contribution is 14.1. The predicted molar refractivity (Wildman–Crippen MR) is 54.0 cm³/mol. The van der Waals surface area contributed by atoms with E-state index in [1.807, 2.05) is 0 Å². The van der Waals surface area contributed by atoms with E-state index in [2.05, 4.69) is 20.9 Å². The number of hydrogen-bond acceptors (Lipinski definition) is 2. The highest BCUT2D eigenvalue weighted by Crippen LogP contribution is 2.29. The van der Waals surface area contributed by atoms with Crippen molar-refractivity contribution in [1.82, 2.24) is 4.98 Å². The van der Waals surface area contributed by atoms with E-state index < -0.39 is 6.43 Å². The van der Waals surface area contributed by atoms with Crippen molar-refractivity contribution in [2.75, 3.05) is 5.73 Å². The van der Waals surface area contributed by atoms with E-state index in [9.17, 15) is 8.78 Å². The molecular weight excluding hydrogens is 345 g/mol. The van der Waals surface area contributed by atoms with E-state index in [1.165, 1.54) is 6.07 Å². The first-order valence-corrected chi connectivity index (χ1v) is 4.79. The fourth-order valence-electron chi connectivity index (χ4n) is 0.681. The number of aromatic nitrogens is 1. The van der Waals surface area contributed by atoms with Crippen LogP contribution in [0.1, 0.15) is 12.1 Å². The van der Waals surface area contributed by atoms with Crippen molar-refractivity contribution in [2.45, 2.75) is 6.43 Å². The first-order valence-electron chi connectivity index (χ1n) is 2.92. The molecular formula is C6H4BrF2IN2. The summed E-state index contributed by atoms with van der Waals surface area (Å²) >= 11 is 4.90. The Hall–Kier alpha value is 0.0200. The smallest absolute Gasteiger partial charge is 0.281 e. The third kappa shape index (κ3) is 2.03. The van der Waals surface area contributed by atoms with Crippen LogP contribution in [0.25, 0.3) is 0 Å². The summed E-state index contributed by atoms with van der Waals surface area (Å²) < 4.78 is 25.4. The molecule has 6 heteroatoms. The van der Waals surface area contributed by atoms with E-state index in [0.29, 0.717) is 8.04 Å². The third-order valence-electron chi connectivity index (χ3n) is 1.17. The normalized spacial score (nSPS) is 10.8. The molecule has 1 aromatic rings. The minimum absolute atomic E-state index is 0.0950. The Labute approximate surface area is 89.8 Å². The highest BCUT2D eigenvalue weighted by atomic mass is 127. The fraction of sp³-hybridized carbons (Fsp3) is 0.167. The number of halogens is 4. The van der Waals surface area contributed by atoms with Gasteiger partial charge in [-0.1, -0.05) is 0 Å². The summed E-state index contributed by atoms with van der Waals surface area (Å²) in [7, 11) is 0. The highest BCUT2D eigenvalue weighted by Gasteiger charge is 2.16. The molecule has 0 spiro atoms. The Morgan fingerprint density at radius 2 is 2.17 bits per heavy atom. The van der Waals surface area contributed by atoms with E-state index in [4.69, 9.17) is 5.73 Å². The standard InChI is InChI=1S/C6H4BrF2IN2/c7-2-1-3(11)12-5(4(2)10)6(8)9/h1,6H,(H2,11,12). The molecule has 0 aliphatic carbocycles. The van der Waals surface area contributed by atoms with E-state index in [0.717, 1.165) is 0 Å². The Morgan fingerprint density at radius 1 is 1.58 bits per heavy atom. The number of nitrogens with zero attached hydrogens (tertiary/aromatic N) is 1. The van der Waals surface area contributed by atoms with Crippen molar-refractivity contribution in [1.29, 1.82) is 0 Å². The van der Waals surface area contributed by atoms with Gasteiger partial charge in [-0.3, -0.25) is 0 Å². The van der Waals surface area contributed by atoms with Crippen LogP contribution in [0.4, 0.5) is 14.6 Å². The molecule has 0 aliphatic rings. The van der Waals surface area contributed by atoms with Crippen LogP contribution in [-0.4, -0.2) is 4.98 Å². The van der Waals surface area contributed by atoms with E-state index >= 15 is 0 Å². The number of hydrogen-bond donors (Lipinski definition) is 1. The Balaban J connectivity index is 3.28. The lowest BCUT2D eigenvalue weighted by Crippen LogP contribution is -2.00. The molecule has 1 rings (SSSR count). The summed E-state index contributed by atoms with van der Waals surface area (Å²) in [4.78, 5) is 3.52. The van der Waals surface area contributed by atoms with Crippen molar-refractivity contribution in [3.63, 3.8) is 0 Å². The second-order valence-electron chi connectivity index (χ2n) is 2.03. The summed E-state index contributed by atoms with van der Waals surface area (Å²) in [6.07, 6.45) is -2.59. The average molecular weight is 349 g/mol. The zero-order valence-electron chi connectivity index (χ0n) is 5.69. The van der Waals surface area contributed by atoms with Crippen LogP contribution in [0.5, 0.6) is 0 Å². The fourth-order valence-corrected chi connectivity index (χ4v) is 1.63. The predicted octanol–water partition coefficient (Wildman–Crippen LogP) is 2.97. The molecule has 0 aliphatic heterocycles. The van der Waals surface area contributed by atoms with Gasteiger partial charge >= 0.3 is 0 Å². The Morgan fingerprint density at radius 3 is 2.67 bits per heavy atom. The quantitative estimate of drug-likeness (QED) is 0.792. The number of nitrogen functional groups attached to an aromatic ring is 1. The molecule has 2 nitrogen and oxygen atoms in total. The van der Waals surface area contributed by atoms with Crippen LogP contribution < -0.4 is 5.73 Å². The molecule has 0 saturated carbocycles. The maximum atomic E-state index is 12.2. The van der Waals surface area contributed by atoms with Gasteiger partial charge in [0.15, 0.2) is 0 Å². The number of nitrogens with two attached hydrogens (primary N) is 1. The van der Waals surface area contributed by atoms with E-state index in [-0.39, 0.29) is 11.5 Å². The summed E-state index contributed by atoms with van der Waals surface area (Å²) in [6, 6.07) is 1.49. The van der Waals surface area contributed by atoms with Gasteiger partial charge in [-0.15, -0.1) is 0 Å². The van der Waals surface area contributed by atoms with Crippen molar-refractivity contribution in [2.24, 2.45) is 0 Å². The summed E-state index contributed by atoms with van der Waals surface area (Å²) in [5.74, 6) is 0.0950.